The lowest BCUT2D eigenvalue weighted by Crippen LogP contribution is -1.91. The van der Waals surface area contributed by atoms with Crippen molar-refractivity contribution >= 4 is 10.9 Å². The first-order chi connectivity index (χ1) is 10.2. The number of rotatable bonds is 3. The Morgan fingerprint density at radius 2 is 1.71 bits per heavy atom. The number of fused-ring (bicyclic) bond motifs is 1. The maximum atomic E-state index is 10.1. The summed E-state index contributed by atoms with van der Waals surface area (Å²) in [7, 11) is 3.20. The molecule has 4 nitrogen and oxygen atoms in total. The topological polar surface area (TPSA) is 51.6 Å². The molecule has 3 rings (SSSR count). The monoisotopic (exact) mass is 281 g/mol. The molecule has 0 atom stereocenters. The van der Waals surface area contributed by atoms with Gasteiger partial charge in [0.15, 0.2) is 11.5 Å². The van der Waals surface area contributed by atoms with E-state index in [2.05, 4.69) is 4.98 Å². The Morgan fingerprint density at radius 1 is 0.905 bits per heavy atom. The number of phenolic OH excluding ortho intramolecular Hbond substituents is 1. The zero-order valence-electron chi connectivity index (χ0n) is 11.8. The minimum Gasteiger partial charge on any atom is -0.507 e. The van der Waals surface area contributed by atoms with Crippen LogP contribution in [0.3, 0.4) is 0 Å². The molecule has 106 valence electrons. The molecule has 0 spiro atoms. The van der Waals surface area contributed by atoms with Gasteiger partial charge in [-0.25, -0.2) is 0 Å². The van der Waals surface area contributed by atoms with Gasteiger partial charge >= 0.3 is 0 Å². The highest BCUT2D eigenvalue weighted by Gasteiger charge is 2.09. The van der Waals surface area contributed by atoms with E-state index in [4.69, 9.17) is 9.47 Å². The number of methoxy groups -OCH3 is 2. The van der Waals surface area contributed by atoms with Crippen molar-refractivity contribution in [2.75, 3.05) is 14.2 Å². The lowest BCUT2D eigenvalue weighted by Gasteiger charge is -2.10. The molecule has 1 heterocycles. The van der Waals surface area contributed by atoms with Crippen molar-refractivity contribution in [3.63, 3.8) is 0 Å². The van der Waals surface area contributed by atoms with E-state index in [0.29, 0.717) is 11.5 Å². The summed E-state index contributed by atoms with van der Waals surface area (Å²) in [5.41, 5.74) is 2.55. The van der Waals surface area contributed by atoms with Crippen LogP contribution in [-0.4, -0.2) is 24.3 Å². The van der Waals surface area contributed by atoms with E-state index in [1.165, 1.54) is 0 Å². The molecule has 4 heteroatoms. The summed E-state index contributed by atoms with van der Waals surface area (Å²) in [6, 6.07) is 13.0. The molecular formula is C17H15NO3. The fourth-order valence-corrected chi connectivity index (χ4v) is 2.35. The molecule has 3 aromatic rings. The van der Waals surface area contributed by atoms with Crippen LogP contribution < -0.4 is 9.47 Å². The Kier molecular flexibility index (Phi) is 3.36. The van der Waals surface area contributed by atoms with Crippen molar-refractivity contribution < 1.29 is 14.6 Å². The predicted molar refractivity (Wildman–Crippen MR) is 81.9 cm³/mol. The van der Waals surface area contributed by atoms with Crippen LogP contribution in [0.25, 0.3) is 22.0 Å². The quantitative estimate of drug-likeness (QED) is 0.796. The van der Waals surface area contributed by atoms with Crippen LogP contribution in [0.15, 0.2) is 48.7 Å². The summed E-state index contributed by atoms with van der Waals surface area (Å²) >= 11 is 0. The van der Waals surface area contributed by atoms with Crippen molar-refractivity contribution in [2.24, 2.45) is 0 Å². The Balaban J connectivity index is 2.16. The summed E-state index contributed by atoms with van der Waals surface area (Å²) in [5, 5.41) is 10.9. The molecule has 0 bridgehead atoms. The first-order valence-electron chi connectivity index (χ1n) is 6.53. The SMILES string of the molecule is COc1ccc(-c2cc(O)c3cccnc3c2)cc1OC. The molecule has 0 saturated carbocycles. The van der Waals surface area contributed by atoms with Crippen LogP contribution in [0, 0.1) is 0 Å². The third kappa shape index (κ3) is 2.36. The van der Waals surface area contributed by atoms with Crippen LogP contribution in [0.2, 0.25) is 0 Å². The van der Waals surface area contributed by atoms with Crippen LogP contribution in [0.1, 0.15) is 0 Å². The number of pyridine rings is 1. The predicted octanol–water partition coefficient (Wildman–Crippen LogP) is 3.62. The van der Waals surface area contributed by atoms with Gasteiger partial charge in [0.2, 0.25) is 0 Å². The summed E-state index contributed by atoms with van der Waals surface area (Å²) in [6.07, 6.45) is 1.71. The van der Waals surface area contributed by atoms with Gasteiger partial charge < -0.3 is 14.6 Å². The molecule has 21 heavy (non-hydrogen) atoms. The molecule has 2 aromatic carbocycles. The van der Waals surface area contributed by atoms with Crippen LogP contribution >= 0.6 is 0 Å². The van der Waals surface area contributed by atoms with Crippen LogP contribution in [0.4, 0.5) is 0 Å². The molecule has 0 saturated heterocycles. The maximum Gasteiger partial charge on any atom is 0.161 e. The Hall–Kier alpha value is -2.75. The summed E-state index contributed by atoms with van der Waals surface area (Å²) < 4.78 is 10.5. The highest BCUT2D eigenvalue weighted by atomic mass is 16.5. The molecule has 0 radical (unpaired) electrons. The Morgan fingerprint density at radius 3 is 2.48 bits per heavy atom. The van der Waals surface area contributed by atoms with Gasteiger partial charge in [-0.1, -0.05) is 6.07 Å². The smallest absolute Gasteiger partial charge is 0.161 e. The Bertz CT molecular complexity index is 799. The number of aromatic hydroxyl groups is 1. The molecule has 1 N–H and O–H groups in total. The number of aromatic nitrogens is 1. The van der Waals surface area contributed by atoms with E-state index in [1.807, 2.05) is 30.3 Å². The van der Waals surface area contributed by atoms with Crippen molar-refractivity contribution in [2.45, 2.75) is 0 Å². The first kappa shape index (κ1) is 13.2. The average Bonchev–Trinajstić information content (AvgIpc) is 2.54. The minimum atomic E-state index is 0.213. The Labute approximate surface area is 122 Å². The summed E-state index contributed by atoms with van der Waals surface area (Å²) in [4.78, 5) is 4.29. The van der Waals surface area contributed by atoms with Gasteiger partial charge in [-0.05, 0) is 47.5 Å². The second-order valence-electron chi connectivity index (χ2n) is 4.64. The standard InChI is InChI=1S/C17H15NO3/c1-20-16-6-5-11(10-17(16)21-2)12-8-14-13(15(19)9-12)4-3-7-18-14/h3-10,19H,1-2H3. The highest BCUT2D eigenvalue weighted by Crippen LogP contribution is 2.35. The van der Waals surface area contributed by atoms with E-state index in [9.17, 15) is 5.11 Å². The number of hydrogen-bond acceptors (Lipinski definition) is 4. The summed E-state index contributed by atoms with van der Waals surface area (Å²) in [5.74, 6) is 1.53. The zero-order chi connectivity index (χ0) is 14.8. The van der Waals surface area contributed by atoms with Gasteiger partial charge in [0.05, 0.1) is 19.7 Å². The van der Waals surface area contributed by atoms with Crippen LogP contribution in [-0.2, 0) is 0 Å². The molecule has 0 unspecified atom stereocenters. The fraction of sp³-hybridized carbons (Fsp3) is 0.118. The van der Waals surface area contributed by atoms with E-state index in [-0.39, 0.29) is 5.75 Å². The third-order valence-corrected chi connectivity index (χ3v) is 3.42. The molecule has 0 aliphatic carbocycles. The number of benzene rings is 2. The average molecular weight is 281 g/mol. The van der Waals surface area contributed by atoms with Crippen molar-refractivity contribution in [3.8, 4) is 28.4 Å². The molecule has 1 aromatic heterocycles. The molecule has 0 aliphatic rings. The normalized spacial score (nSPS) is 10.6. The largest absolute Gasteiger partial charge is 0.507 e. The van der Waals surface area contributed by atoms with Crippen molar-refractivity contribution in [1.82, 2.24) is 4.98 Å². The molecular weight excluding hydrogens is 266 g/mol. The number of hydrogen-bond donors (Lipinski definition) is 1. The maximum absolute atomic E-state index is 10.1. The van der Waals surface area contributed by atoms with Gasteiger partial charge in [-0.2, -0.15) is 0 Å². The number of nitrogens with zero attached hydrogens (tertiary/aromatic N) is 1. The number of phenols is 1. The minimum absolute atomic E-state index is 0.213. The van der Waals surface area contributed by atoms with Gasteiger partial charge in [-0.15, -0.1) is 0 Å². The van der Waals surface area contributed by atoms with Crippen molar-refractivity contribution in [3.05, 3.63) is 48.7 Å². The number of ether oxygens (including phenoxy) is 2. The van der Waals surface area contributed by atoms with Crippen molar-refractivity contribution in [1.29, 1.82) is 0 Å². The van der Waals surface area contributed by atoms with Gasteiger partial charge in [-0.3, -0.25) is 4.98 Å². The second-order valence-corrected chi connectivity index (χ2v) is 4.64. The molecule has 0 fully saturated rings. The lowest BCUT2D eigenvalue weighted by atomic mass is 10.0. The van der Waals surface area contributed by atoms with Gasteiger partial charge in [0.25, 0.3) is 0 Å². The molecule has 0 amide bonds. The highest BCUT2D eigenvalue weighted by molar-refractivity contribution is 5.89. The van der Waals surface area contributed by atoms with E-state index < -0.39 is 0 Å². The zero-order valence-corrected chi connectivity index (χ0v) is 11.8. The van der Waals surface area contributed by atoms with Gasteiger partial charge in [0, 0.05) is 11.6 Å². The third-order valence-electron chi connectivity index (χ3n) is 3.42. The first-order valence-corrected chi connectivity index (χ1v) is 6.53. The summed E-state index contributed by atoms with van der Waals surface area (Å²) in [6.45, 7) is 0. The molecule has 0 aliphatic heterocycles. The van der Waals surface area contributed by atoms with E-state index in [0.717, 1.165) is 22.0 Å². The second kappa shape index (κ2) is 5.32. The van der Waals surface area contributed by atoms with E-state index in [1.54, 1.807) is 32.5 Å². The van der Waals surface area contributed by atoms with E-state index >= 15 is 0 Å². The van der Waals surface area contributed by atoms with Gasteiger partial charge in [0.1, 0.15) is 5.75 Å². The van der Waals surface area contributed by atoms with Crippen LogP contribution in [0.5, 0.6) is 17.2 Å². The lowest BCUT2D eigenvalue weighted by molar-refractivity contribution is 0.355. The fourth-order valence-electron chi connectivity index (χ4n) is 2.35.